The first-order valence-electron chi connectivity index (χ1n) is 13.7. The van der Waals surface area contributed by atoms with Crippen molar-refractivity contribution in [1.29, 1.82) is 0 Å². The maximum Gasteiger partial charge on any atom is 0.231 e. The van der Waals surface area contributed by atoms with Crippen molar-refractivity contribution in [1.82, 2.24) is 24.3 Å². The molecule has 11 heteroatoms. The van der Waals surface area contributed by atoms with Gasteiger partial charge in [0.15, 0.2) is 0 Å². The Morgan fingerprint density at radius 2 is 1.88 bits per heavy atom. The van der Waals surface area contributed by atoms with Crippen LogP contribution in [0.1, 0.15) is 33.5 Å². The molecule has 2 aliphatic heterocycles. The number of aromatic hydroxyl groups is 1. The Hall–Kier alpha value is -5.13. The van der Waals surface area contributed by atoms with E-state index in [0.29, 0.717) is 16.4 Å². The van der Waals surface area contributed by atoms with Gasteiger partial charge in [-0.2, -0.15) is 15.2 Å². The summed E-state index contributed by atoms with van der Waals surface area (Å²) in [6, 6.07) is 22.0. The summed E-state index contributed by atoms with van der Waals surface area (Å²) in [5.41, 5.74) is 4.58. The molecule has 6 aromatic rings. The first-order valence-corrected chi connectivity index (χ1v) is 15.4. The molecule has 9 nitrogen and oxygen atoms in total. The Balaban J connectivity index is 1.26. The number of rotatable bonds is 6. The monoisotopic (exact) mass is 600 g/mol. The summed E-state index contributed by atoms with van der Waals surface area (Å²) in [6.07, 6.45) is 10.0. The Labute approximate surface area is 254 Å². The van der Waals surface area contributed by atoms with E-state index >= 15 is 0 Å². The van der Waals surface area contributed by atoms with Gasteiger partial charge in [0, 0.05) is 29.6 Å². The fraction of sp³-hybridized carbons (Fsp3) is 0.0938. The summed E-state index contributed by atoms with van der Waals surface area (Å²) >= 11 is 3.05. The number of hydrogen-bond acceptors (Lipinski definition) is 9. The van der Waals surface area contributed by atoms with E-state index in [9.17, 15) is 5.11 Å². The molecule has 210 valence electrons. The third-order valence-corrected chi connectivity index (χ3v) is 9.37. The zero-order valence-corrected chi connectivity index (χ0v) is 24.6. The summed E-state index contributed by atoms with van der Waals surface area (Å²) in [6.45, 7) is 2.03. The molecule has 0 bridgehead atoms. The van der Waals surface area contributed by atoms with Gasteiger partial charge in [0.05, 0.1) is 43.9 Å². The van der Waals surface area contributed by atoms with Crippen LogP contribution in [0, 0.1) is 6.92 Å². The molecule has 0 saturated carbocycles. The molecule has 1 atom stereocenters. The average Bonchev–Trinajstić information content (AvgIpc) is 3.85. The van der Waals surface area contributed by atoms with Gasteiger partial charge < -0.3 is 5.11 Å². The lowest BCUT2D eigenvalue weighted by Gasteiger charge is -2.22. The van der Waals surface area contributed by atoms with Crippen LogP contribution in [-0.2, 0) is 0 Å². The third kappa shape index (κ3) is 4.49. The number of allylic oxidation sites excluding steroid dienone is 1. The Kier molecular flexibility index (Phi) is 6.12. The highest BCUT2D eigenvalue weighted by Gasteiger charge is 2.37. The van der Waals surface area contributed by atoms with Crippen molar-refractivity contribution in [2.75, 3.05) is 5.01 Å². The Morgan fingerprint density at radius 3 is 2.67 bits per heavy atom. The van der Waals surface area contributed by atoms with Gasteiger partial charge in [0.2, 0.25) is 11.0 Å². The molecule has 0 spiro atoms. The highest BCUT2D eigenvalue weighted by atomic mass is 32.1. The quantitative estimate of drug-likeness (QED) is 0.276. The fourth-order valence-corrected chi connectivity index (χ4v) is 7.19. The molecule has 0 amide bonds. The first-order chi connectivity index (χ1) is 21.1. The average molecular weight is 601 g/mol. The molecule has 0 saturated heterocycles. The van der Waals surface area contributed by atoms with Gasteiger partial charge in [0.1, 0.15) is 12.1 Å². The largest absolute Gasteiger partial charge is 0.492 e. The SMILES string of the molecule is Cc1nn(-c2ccccc2)c(-n2ccnc2)c1C1CC(c2cccs2)=NN1c1nc(O)c(C=C2C=c3ccccc3=N2)s1. The number of thiophene rings is 1. The molecule has 0 aliphatic carbocycles. The van der Waals surface area contributed by atoms with Crippen LogP contribution in [0.5, 0.6) is 5.88 Å². The molecule has 1 unspecified atom stereocenters. The number of thiazole rings is 1. The first kappa shape index (κ1) is 25.6. The van der Waals surface area contributed by atoms with Gasteiger partial charge >= 0.3 is 0 Å². The predicted molar refractivity (Wildman–Crippen MR) is 170 cm³/mol. The maximum absolute atomic E-state index is 11.0. The molecular weight excluding hydrogens is 577 g/mol. The second kappa shape index (κ2) is 10.3. The lowest BCUT2D eigenvalue weighted by atomic mass is 10.0. The standard InChI is InChI=1S/C32H24N8OS2/c1-20-29(31(38-14-13-33-19-38)39(36-20)23-9-3-2-4-10-23)26-18-25(27-12-7-15-42-27)37-40(26)32-35-30(41)28(43-32)17-22-16-21-8-5-6-11-24(21)34-22/h2-17,19,26,41H,18H2,1H3. The van der Waals surface area contributed by atoms with E-state index in [1.165, 1.54) is 11.3 Å². The number of benzene rings is 2. The van der Waals surface area contributed by atoms with Crippen LogP contribution < -0.4 is 15.6 Å². The van der Waals surface area contributed by atoms with Gasteiger partial charge in [-0.3, -0.25) is 4.57 Å². The van der Waals surface area contributed by atoms with E-state index in [2.05, 4.69) is 21.4 Å². The van der Waals surface area contributed by atoms with Crippen LogP contribution >= 0.6 is 22.7 Å². The number of fused-ring (bicyclic) bond motifs is 1. The molecule has 0 fully saturated rings. The summed E-state index contributed by atoms with van der Waals surface area (Å²) in [5, 5.41) is 27.7. The van der Waals surface area contributed by atoms with E-state index in [1.54, 1.807) is 23.9 Å². The van der Waals surface area contributed by atoms with E-state index in [1.807, 2.05) is 100 Å². The van der Waals surface area contributed by atoms with Gasteiger partial charge in [-0.1, -0.05) is 53.8 Å². The minimum Gasteiger partial charge on any atom is -0.492 e. The van der Waals surface area contributed by atoms with Crippen molar-refractivity contribution in [2.24, 2.45) is 10.1 Å². The van der Waals surface area contributed by atoms with E-state index in [0.717, 1.165) is 49.6 Å². The summed E-state index contributed by atoms with van der Waals surface area (Å²) in [7, 11) is 0. The second-order valence-electron chi connectivity index (χ2n) is 10.2. The predicted octanol–water partition coefficient (Wildman–Crippen LogP) is 5.40. The Morgan fingerprint density at radius 1 is 1.02 bits per heavy atom. The number of anilines is 1. The van der Waals surface area contributed by atoms with Crippen LogP contribution in [0.2, 0.25) is 0 Å². The minimum atomic E-state index is -0.218. The zero-order chi connectivity index (χ0) is 28.9. The van der Waals surface area contributed by atoms with Crippen LogP contribution in [-0.4, -0.2) is 35.1 Å². The van der Waals surface area contributed by atoms with Gasteiger partial charge in [-0.25, -0.2) is 19.7 Å². The molecule has 4 aromatic heterocycles. The van der Waals surface area contributed by atoms with Gasteiger partial charge in [0.25, 0.3) is 0 Å². The number of hydrazone groups is 1. The van der Waals surface area contributed by atoms with Gasteiger partial charge in [-0.05, 0) is 48.7 Å². The number of hydrogen-bond donors (Lipinski definition) is 1. The summed E-state index contributed by atoms with van der Waals surface area (Å²) in [4.78, 5) is 15.4. The highest BCUT2D eigenvalue weighted by Crippen LogP contribution is 2.44. The van der Waals surface area contributed by atoms with Crippen LogP contribution in [0.4, 0.5) is 5.13 Å². The van der Waals surface area contributed by atoms with E-state index < -0.39 is 0 Å². The van der Waals surface area contributed by atoms with Crippen molar-refractivity contribution in [3.05, 3.63) is 128 Å². The second-order valence-corrected chi connectivity index (χ2v) is 12.2. The topological polar surface area (TPSA) is 96.7 Å². The van der Waals surface area contributed by atoms with Crippen molar-refractivity contribution in [3.63, 3.8) is 0 Å². The van der Waals surface area contributed by atoms with Crippen molar-refractivity contribution in [2.45, 2.75) is 19.4 Å². The molecule has 8 rings (SSSR count). The van der Waals surface area contributed by atoms with E-state index in [4.69, 9.17) is 15.2 Å². The summed E-state index contributed by atoms with van der Waals surface area (Å²) in [5.74, 6) is 0.844. The smallest absolute Gasteiger partial charge is 0.231 e. The molecule has 2 aromatic carbocycles. The van der Waals surface area contributed by atoms with Crippen molar-refractivity contribution < 1.29 is 5.11 Å². The maximum atomic E-state index is 11.0. The summed E-state index contributed by atoms with van der Waals surface area (Å²) < 4.78 is 3.95. The van der Waals surface area contributed by atoms with Crippen LogP contribution in [0.25, 0.3) is 23.7 Å². The molecule has 6 heterocycles. The number of aromatic nitrogens is 5. The lowest BCUT2D eigenvalue weighted by molar-refractivity contribution is 0.455. The van der Waals surface area contributed by atoms with Crippen LogP contribution in [0.3, 0.4) is 0 Å². The van der Waals surface area contributed by atoms with Crippen LogP contribution in [0.15, 0.2) is 107 Å². The third-order valence-electron chi connectivity index (χ3n) is 7.47. The van der Waals surface area contributed by atoms with Crippen molar-refractivity contribution >= 4 is 45.7 Å². The molecule has 43 heavy (non-hydrogen) atoms. The highest BCUT2D eigenvalue weighted by molar-refractivity contribution is 7.16. The zero-order valence-electron chi connectivity index (χ0n) is 22.9. The van der Waals surface area contributed by atoms with Crippen molar-refractivity contribution in [3.8, 4) is 17.4 Å². The number of para-hydroxylation sites is 2. The number of aryl methyl sites for hydroxylation is 1. The molecular formula is C32H24N8OS2. The lowest BCUT2D eigenvalue weighted by Crippen LogP contribution is -2.20. The minimum absolute atomic E-state index is 0.0443. The number of nitrogens with zero attached hydrogens (tertiary/aromatic N) is 8. The normalized spacial score (nSPS) is 16.8. The molecule has 1 N–H and O–H groups in total. The van der Waals surface area contributed by atoms with E-state index in [-0.39, 0.29) is 11.9 Å². The number of imidazole rings is 1. The van der Waals surface area contributed by atoms with Gasteiger partial charge in [-0.15, -0.1) is 11.3 Å². The fourth-order valence-electron chi connectivity index (χ4n) is 5.56. The molecule has 2 aliphatic rings. The molecule has 0 radical (unpaired) electrons. The Bertz CT molecular complexity index is 2100.